The maximum Gasteiger partial charge on any atom is 0.408 e. The number of nitrogens with one attached hydrogen (secondary N) is 2. The molecule has 1 aromatic rings. The standard InChI is InChI=1S/C32H41N3O7/c1-5-6-15-25(35-18-11-10-14-24(27(35)37)33-30(40)42-31(2,3)4)22-16-17-23-26(36)34-28(38)32(23,19-22)29(39)41-20-21-12-8-7-9-13-21/h7-9,12-13,16-17,19,23-25H,5-6,10-11,14-15,18,20H2,1-4H3,(H,33,40)(H,34,36,38). The summed E-state index contributed by atoms with van der Waals surface area (Å²) in [6.45, 7) is 7.72. The summed E-state index contributed by atoms with van der Waals surface area (Å²) in [6, 6.07) is 7.84. The summed E-state index contributed by atoms with van der Waals surface area (Å²) in [7, 11) is 0. The Labute approximate surface area is 246 Å². The fourth-order valence-electron chi connectivity index (χ4n) is 5.74. The van der Waals surface area contributed by atoms with Crippen molar-refractivity contribution >= 4 is 29.8 Å². The van der Waals surface area contributed by atoms with E-state index in [1.165, 1.54) is 6.08 Å². The van der Waals surface area contributed by atoms with Crippen LogP contribution in [0, 0.1) is 11.3 Å². The van der Waals surface area contributed by atoms with Gasteiger partial charge >= 0.3 is 12.1 Å². The van der Waals surface area contributed by atoms with Crippen LogP contribution in [0.15, 0.2) is 54.1 Å². The molecule has 2 N–H and O–H groups in total. The van der Waals surface area contributed by atoms with Crippen molar-refractivity contribution < 1.29 is 33.4 Å². The molecule has 1 aromatic carbocycles. The van der Waals surface area contributed by atoms with Gasteiger partial charge in [-0.25, -0.2) is 4.79 Å². The molecule has 2 fully saturated rings. The van der Waals surface area contributed by atoms with Crippen molar-refractivity contribution in [1.82, 2.24) is 15.5 Å². The minimum Gasteiger partial charge on any atom is -0.460 e. The molecule has 2 aliphatic heterocycles. The van der Waals surface area contributed by atoms with Crippen LogP contribution < -0.4 is 10.6 Å². The van der Waals surface area contributed by atoms with Gasteiger partial charge in [0.25, 0.3) is 0 Å². The van der Waals surface area contributed by atoms with Gasteiger partial charge in [0.1, 0.15) is 18.2 Å². The molecule has 4 atom stereocenters. The second kappa shape index (κ2) is 12.9. The third-order valence-corrected chi connectivity index (χ3v) is 7.82. The quantitative estimate of drug-likeness (QED) is 0.257. The number of alkyl carbamates (subject to hydrolysis) is 1. The number of imide groups is 1. The Bertz CT molecular complexity index is 1270. The zero-order valence-corrected chi connectivity index (χ0v) is 24.8. The monoisotopic (exact) mass is 579 g/mol. The van der Waals surface area contributed by atoms with E-state index in [1.54, 1.807) is 50.0 Å². The highest BCUT2D eigenvalue weighted by atomic mass is 16.6. The molecule has 0 saturated carbocycles. The second-order valence-electron chi connectivity index (χ2n) is 12.1. The topological polar surface area (TPSA) is 131 Å². The van der Waals surface area contributed by atoms with Crippen LogP contribution in [-0.2, 0) is 35.3 Å². The Kier molecular flexibility index (Phi) is 9.53. The van der Waals surface area contributed by atoms with Gasteiger partial charge in [0.15, 0.2) is 5.41 Å². The summed E-state index contributed by atoms with van der Waals surface area (Å²) in [5.41, 5.74) is -1.24. The number of carbonyl (C=O) groups is 5. The van der Waals surface area contributed by atoms with Crippen molar-refractivity contribution in [3.63, 3.8) is 0 Å². The molecule has 4 rings (SSSR count). The van der Waals surface area contributed by atoms with Gasteiger partial charge in [0.2, 0.25) is 17.7 Å². The highest BCUT2D eigenvalue weighted by Crippen LogP contribution is 2.43. The number of hydrogen-bond acceptors (Lipinski definition) is 7. The van der Waals surface area contributed by atoms with Crippen LogP contribution in [0.3, 0.4) is 0 Å². The lowest BCUT2D eigenvalue weighted by molar-refractivity contribution is -0.159. The van der Waals surface area contributed by atoms with E-state index >= 15 is 0 Å². The second-order valence-corrected chi connectivity index (χ2v) is 12.1. The number of nitrogens with zero attached hydrogens (tertiary/aromatic N) is 1. The summed E-state index contributed by atoms with van der Waals surface area (Å²) >= 11 is 0. The number of fused-ring (bicyclic) bond motifs is 1. The van der Waals surface area contributed by atoms with Crippen molar-refractivity contribution in [2.75, 3.05) is 6.54 Å². The van der Waals surface area contributed by atoms with Gasteiger partial charge in [-0.3, -0.25) is 24.5 Å². The lowest BCUT2D eigenvalue weighted by atomic mass is 9.71. The molecule has 10 heteroatoms. The summed E-state index contributed by atoms with van der Waals surface area (Å²) in [4.78, 5) is 67.9. The molecule has 2 heterocycles. The predicted molar refractivity (Wildman–Crippen MR) is 155 cm³/mol. The average molecular weight is 580 g/mol. The Morgan fingerprint density at radius 3 is 2.57 bits per heavy atom. The van der Waals surface area contributed by atoms with Gasteiger partial charge in [-0.15, -0.1) is 0 Å². The lowest BCUT2D eigenvalue weighted by Crippen LogP contribution is -2.52. The molecule has 0 bridgehead atoms. The zero-order valence-electron chi connectivity index (χ0n) is 24.8. The molecule has 0 spiro atoms. The number of carbonyl (C=O) groups excluding carboxylic acids is 5. The number of unbranched alkanes of at least 4 members (excludes halogenated alkanes) is 1. The first-order valence-electron chi connectivity index (χ1n) is 14.7. The average Bonchev–Trinajstić information content (AvgIpc) is 3.07. The summed E-state index contributed by atoms with van der Waals surface area (Å²) in [5, 5.41) is 5.05. The van der Waals surface area contributed by atoms with E-state index < -0.39 is 52.9 Å². The number of esters is 1. The molecule has 4 amide bonds. The van der Waals surface area contributed by atoms with Gasteiger partial charge in [-0.05, 0) is 57.6 Å². The Balaban J connectivity index is 1.65. The number of likely N-dealkylation sites (tertiary alicyclic amines) is 1. The van der Waals surface area contributed by atoms with Crippen LogP contribution in [0.2, 0.25) is 0 Å². The Hall–Kier alpha value is -3.95. The highest BCUT2D eigenvalue weighted by molar-refractivity contribution is 6.20. The molecule has 2 saturated heterocycles. The van der Waals surface area contributed by atoms with Crippen LogP contribution in [0.4, 0.5) is 4.79 Å². The molecule has 4 unspecified atom stereocenters. The summed E-state index contributed by atoms with van der Waals surface area (Å²) in [5.74, 6) is -3.42. The molecule has 226 valence electrons. The fraction of sp³-hybridized carbons (Fsp3) is 0.531. The molecule has 0 radical (unpaired) electrons. The maximum absolute atomic E-state index is 13.9. The van der Waals surface area contributed by atoms with Gasteiger partial charge < -0.3 is 19.7 Å². The molecular weight excluding hydrogens is 538 g/mol. The molecule has 1 aliphatic carbocycles. The van der Waals surface area contributed by atoms with E-state index in [1.807, 2.05) is 25.1 Å². The first kappa shape index (κ1) is 31.0. The van der Waals surface area contributed by atoms with E-state index in [-0.39, 0.29) is 12.5 Å². The van der Waals surface area contributed by atoms with Crippen LogP contribution >= 0.6 is 0 Å². The zero-order chi connectivity index (χ0) is 30.5. The number of hydrogen-bond donors (Lipinski definition) is 2. The number of amides is 4. The van der Waals surface area contributed by atoms with E-state index in [4.69, 9.17) is 9.47 Å². The molecule has 0 aromatic heterocycles. The van der Waals surface area contributed by atoms with Gasteiger partial charge in [-0.2, -0.15) is 0 Å². The number of benzene rings is 1. The summed E-state index contributed by atoms with van der Waals surface area (Å²) < 4.78 is 11.0. The fourth-order valence-corrected chi connectivity index (χ4v) is 5.74. The first-order chi connectivity index (χ1) is 20.0. The van der Waals surface area contributed by atoms with Crippen LogP contribution in [-0.4, -0.2) is 58.9 Å². The first-order valence-corrected chi connectivity index (χ1v) is 14.7. The smallest absolute Gasteiger partial charge is 0.408 e. The normalized spacial score (nSPS) is 24.7. The minimum atomic E-state index is -1.87. The molecule has 3 aliphatic rings. The highest BCUT2D eigenvalue weighted by Gasteiger charge is 2.61. The Morgan fingerprint density at radius 2 is 1.88 bits per heavy atom. The van der Waals surface area contributed by atoms with E-state index in [0.29, 0.717) is 25.0 Å². The third-order valence-electron chi connectivity index (χ3n) is 7.82. The van der Waals surface area contributed by atoms with Gasteiger partial charge in [0.05, 0.1) is 12.0 Å². The lowest BCUT2D eigenvalue weighted by Gasteiger charge is -2.37. The van der Waals surface area contributed by atoms with E-state index in [2.05, 4.69) is 10.6 Å². The minimum absolute atomic E-state index is 0.0512. The molecule has 10 nitrogen and oxygen atoms in total. The van der Waals surface area contributed by atoms with Gasteiger partial charge in [-0.1, -0.05) is 68.3 Å². The maximum atomic E-state index is 13.9. The number of ether oxygens (including phenoxy) is 2. The van der Waals surface area contributed by atoms with Crippen LogP contribution in [0.25, 0.3) is 0 Å². The largest absolute Gasteiger partial charge is 0.460 e. The predicted octanol–water partition coefficient (Wildman–Crippen LogP) is 3.95. The van der Waals surface area contributed by atoms with E-state index in [0.717, 1.165) is 31.2 Å². The van der Waals surface area contributed by atoms with Crippen LogP contribution in [0.5, 0.6) is 0 Å². The molecular formula is C32H41N3O7. The van der Waals surface area contributed by atoms with Crippen molar-refractivity contribution in [2.24, 2.45) is 11.3 Å². The van der Waals surface area contributed by atoms with Crippen molar-refractivity contribution in [2.45, 2.75) is 90.5 Å². The Morgan fingerprint density at radius 1 is 1.14 bits per heavy atom. The van der Waals surface area contributed by atoms with E-state index in [9.17, 15) is 24.0 Å². The van der Waals surface area contributed by atoms with Crippen molar-refractivity contribution in [3.05, 3.63) is 59.7 Å². The third kappa shape index (κ3) is 6.74. The summed E-state index contributed by atoms with van der Waals surface area (Å²) in [6.07, 6.45) is 8.32. The van der Waals surface area contributed by atoms with Crippen molar-refractivity contribution in [1.29, 1.82) is 0 Å². The van der Waals surface area contributed by atoms with Crippen molar-refractivity contribution in [3.8, 4) is 0 Å². The number of rotatable bonds is 9. The SMILES string of the molecule is CCCCC(C1=CC2(C(=O)OCc3ccccc3)C(=O)NC(=O)C2C=C1)N1CCCCC(NC(=O)OC(C)(C)C)C1=O. The van der Waals surface area contributed by atoms with Gasteiger partial charge in [0, 0.05) is 6.54 Å². The van der Waals surface area contributed by atoms with Crippen LogP contribution in [0.1, 0.15) is 71.8 Å². The molecule has 42 heavy (non-hydrogen) atoms.